The normalized spacial score (nSPS) is 13.9. The van der Waals surface area contributed by atoms with Crippen LogP contribution in [-0.2, 0) is 14.3 Å². The van der Waals surface area contributed by atoms with Gasteiger partial charge in [-0.15, -0.1) is 0 Å². The molecule has 0 aliphatic rings. The van der Waals surface area contributed by atoms with Gasteiger partial charge in [0.1, 0.15) is 6.61 Å². The van der Waals surface area contributed by atoms with Gasteiger partial charge in [0.05, 0.1) is 18.6 Å². The van der Waals surface area contributed by atoms with E-state index < -0.39 is 11.4 Å². The van der Waals surface area contributed by atoms with Gasteiger partial charge in [-0.2, -0.15) is 0 Å². The second-order valence-corrected chi connectivity index (χ2v) is 5.13. The van der Waals surface area contributed by atoms with Gasteiger partial charge < -0.3 is 14.6 Å². The lowest BCUT2D eigenvalue weighted by atomic mass is 9.88. The predicted octanol–water partition coefficient (Wildman–Crippen LogP) is 2.70. The van der Waals surface area contributed by atoms with Crippen molar-refractivity contribution in [2.45, 2.75) is 46.5 Å². The molecular formula is C15H28O4. The Morgan fingerprint density at radius 3 is 2.42 bits per heavy atom. The molecule has 0 aromatic rings. The summed E-state index contributed by atoms with van der Waals surface area (Å²) >= 11 is 0. The summed E-state index contributed by atoms with van der Waals surface area (Å²) in [5.41, 5.74) is -0.135. The van der Waals surface area contributed by atoms with Crippen LogP contribution in [0.5, 0.6) is 0 Å². The highest BCUT2D eigenvalue weighted by Gasteiger charge is 2.30. The molecule has 0 spiro atoms. The van der Waals surface area contributed by atoms with Crippen molar-refractivity contribution in [2.75, 3.05) is 26.4 Å². The topological polar surface area (TPSA) is 55.8 Å². The smallest absolute Gasteiger partial charge is 0.333 e. The molecule has 0 heterocycles. The number of hydrogen-bond donors (Lipinski definition) is 1. The standard InChI is InChI=1S/C15H28O4/c1-5-7-8-9-18-11-15(6-2,10-16)12-19-14(17)13(3)4/h16H,3,5-12H2,1-2,4H3. The maximum Gasteiger partial charge on any atom is 0.333 e. The highest BCUT2D eigenvalue weighted by Crippen LogP contribution is 2.23. The molecule has 0 rings (SSSR count). The molecule has 4 heteroatoms. The van der Waals surface area contributed by atoms with E-state index in [1.807, 2.05) is 6.92 Å². The van der Waals surface area contributed by atoms with Gasteiger partial charge in [0.25, 0.3) is 0 Å². The average molecular weight is 272 g/mol. The Morgan fingerprint density at radius 2 is 1.95 bits per heavy atom. The number of aliphatic hydroxyl groups is 1. The summed E-state index contributed by atoms with van der Waals surface area (Å²) in [6.07, 6.45) is 4.01. The molecule has 112 valence electrons. The quantitative estimate of drug-likeness (QED) is 0.357. The summed E-state index contributed by atoms with van der Waals surface area (Å²) in [5.74, 6) is -0.419. The third kappa shape index (κ3) is 7.33. The number of carbonyl (C=O) groups excluding carboxylic acids is 1. The fourth-order valence-corrected chi connectivity index (χ4v) is 1.53. The fourth-order valence-electron chi connectivity index (χ4n) is 1.53. The van der Waals surface area contributed by atoms with E-state index in [1.165, 1.54) is 0 Å². The number of esters is 1. The van der Waals surface area contributed by atoms with Crippen LogP contribution in [-0.4, -0.2) is 37.5 Å². The van der Waals surface area contributed by atoms with Crippen LogP contribution >= 0.6 is 0 Å². The molecule has 0 aromatic heterocycles. The molecule has 0 fully saturated rings. The van der Waals surface area contributed by atoms with Crippen LogP contribution in [0, 0.1) is 5.41 Å². The van der Waals surface area contributed by atoms with Gasteiger partial charge in [-0.3, -0.25) is 0 Å². The third-order valence-corrected chi connectivity index (χ3v) is 3.24. The van der Waals surface area contributed by atoms with E-state index in [1.54, 1.807) is 6.92 Å². The Hall–Kier alpha value is -0.870. The highest BCUT2D eigenvalue weighted by atomic mass is 16.5. The van der Waals surface area contributed by atoms with Crippen LogP contribution in [0.2, 0.25) is 0 Å². The molecule has 1 unspecified atom stereocenters. The molecule has 0 saturated heterocycles. The van der Waals surface area contributed by atoms with Crippen molar-refractivity contribution >= 4 is 5.97 Å². The van der Waals surface area contributed by atoms with E-state index in [0.29, 0.717) is 25.2 Å². The van der Waals surface area contributed by atoms with Crippen molar-refractivity contribution in [3.05, 3.63) is 12.2 Å². The Bertz CT molecular complexity index is 269. The van der Waals surface area contributed by atoms with Crippen LogP contribution in [0.3, 0.4) is 0 Å². The van der Waals surface area contributed by atoms with E-state index in [4.69, 9.17) is 9.47 Å². The van der Waals surface area contributed by atoms with Gasteiger partial charge >= 0.3 is 5.97 Å². The molecule has 0 aliphatic carbocycles. The van der Waals surface area contributed by atoms with Crippen molar-refractivity contribution in [3.63, 3.8) is 0 Å². The Balaban J connectivity index is 4.18. The zero-order chi connectivity index (χ0) is 14.7. The lowest BCUT2D eigenvalue weighted by Gasteiger charge is -2.29. The minimum absolute atomic E-state index is 0.0548. The molecule has 19 heavy (non-hydrogen) atoms. The maximum absolute atomic E-state index is 11.4. The van der Waals surface area contributed by atoms with Gasteiger partial charge in [0.2, 0.25) is 0 Å². The lowest BCUT2D eigenvalue weighted by molar-refractivity contribution is -0.146. The SMILES string of the molecule is C=C(C)C(=O)OCC(CC)(CO)COCCCCC. The van der Waals surface area contributed by atoms with Gasteiger partial charge in [-0.1, -0.05) is 33.3 Å². The minimum Gasteiger partial charge on any atom is -0.462 e. The molecule has 0 radical (unpaired) electrons. The van der Waals surface area contributed by atoms with Crippen LogP contribution in [0.4, 0.5) is 0 Å². The third-order valence-electron chi connectivity index (χ3n) is 3.24. The van der Waals surface area contributed by atoms with E-state index in [0.717, 1.165) is 19.3 Å². The lowest BCUT2D eigenvalue weighted by Crippen LogP contribution is -2.36. The van der Waals surface area contributed by atoms with E-state index in [-0.39, 0.29) is 13.2 Å². The van der Waals surface area contributed by atoms with Crippen molar-refractivity contribution in [1.82, 2.24) is 0 Å². The van der Waals surface area contributed by atoms with Crippen molar-refractivity contribution in [1.29, 1.82) is 0 Å². The number of ether oxygens (including phenoxy) is 2. The molecule has 0 saturated carbocycles. The number of unbranched alkanes of at least 4 members (excludes halogenated alkanes) is 2. The number of hydrogen-bond acceptors (Lipinski definition) is 4. The highest BCUT2D eigenvalue weighted by molar-refractivity contribution is 5.86. The Kier molecular flexibility index (Phi) is 9.53. The first-order valence-electron chi connectivity index (χ1n) is 7.02. The van der Waals surface area contributed by atoms with Gasteiger partial charge in [-0.05, 0) is 19.8 Å². The number of carbonyl (C=O) groups is 1. The summed E-state index contributed by atoms with van der Waals surface area (Å²) in [5, 5.41) is 9.54. The molecule has 0 amide bonds. The average Bonchev–Trinajstić information content (AvgIpc) is 2.42. The van der Waals surface area contributed by atoms with Crippen molar-refractivity contribution in [3.8, 4) is 0 Å². The summed E-state index contributed by atoms with van der Waals surface area (Å²) in [6, 6.07) is 0. The van der Waals surface area contributed by atoms with Crippen LogP contribution in [0.15, 0.2) is 12.2 Å². The van der Waals surface area contributed by atoms with Gasteiger partial charge in [-0.25, -0.2) is 4.79 Å². The summed E-state index contributed by atoms with van der Waals surface area (Å²) < 4.78 is 10.8. The molecule has 1 atom stereocenters. The van der Waals surface area contributed by atoms with Crippen LogP contribution in [0.25, 0.3) is 0 Å². The second-order valence-electron chi connectivity index (χ2n) is 5.13. The van der Waals surface area contributed by atoms with Gasteiger partial charge in [0, 0.05) is 12.2 Å². The van der Waals surface area contributed by atoms with E-state index >= 15 is 0 Å². The van der Waals surface area contributed by atoms with E-state index in [2.05, 4.69) is 13.5 Å². The number of aliphatic hydroxyl groups excluding tert-OH is 1. The first-order valence-corrected chi connectivity index (χ1v) is 7.02. The van der Waals surface area contributed by atoms with Crippen LogP contribution in [0.1, 0.15) is 46.5 Å². The second kappa shape index (κ2) is 9.98. The van der Waals surface area contributed by atoms with Gasteiger partial charge in [0.15, 0.2) is 0 Å². The minimum atomic E-state index is -0.503. The predicted molar refractivity (Wildman–Crippen MR) is 75.9 cm³/mol. The fraction of sp³-hybridized carbons (Fsp3) is 0.800. The molecule has 1 N–H and O–H groups in total. The molecule has 4 nitrogen and oxygen atoms in total. The summed E-state index contributed by atoms with van der Waals surface area (Å²) in [7, 11) is 0. The Morgan fingerprint density at radius 1 is 1.26 bits per heavy atom. The zero-order valence-electron chi connectivity index (χ0n) is 12.5. The number of rotatable bonds is 11. The van der Waals surface area contributed by atoms with Crippen LogP contribution < -0.4 is 0 Å². The molecule has 0 aromatic carbocycles. The molecule has 0 bridgehead atoms. The zero-order valence-corrected chi connectivity index (χ0v) is 12.5. The molecule has 0 aliphatic heterocycles. The largest absolute Gasteiger partial charge is 0.462 e. The monoisotopic (exact) mass is 272 g/mol. The van der Waals surface area contributed by atoms with Crippen molar-refractivity contribution < 1.29 is 19.4 Å². The van der Waals surface area contributed by atoms with E-state index in [9.17, 15) is 9.90 Å². The van der Waals surface area contributed by atoms with Crippen molar-refractivity contribution in [2.24, 2.45) is 5.41 Å². The summed E-state index contributed by atoms with van der Waals surface area (Å²) in [4.78, 5) is 11.4. The molecular weight excluding hydrogens is 244 g/mol. The Labute approximate surface area is 116 Å². The first kappa shape index (κ1) is 18.1. The summed E-state index contributed by atoms with van der Waals surface area (Å²) in [6.45, 7) is 10.4. The maximum atomic E-state index is 11.4. The first-order chi connectivity index (χ1) is 9.01.